The molecule has 2 aromatic rings. The summed E-state index contributed by atoms with van der Waals surface area (Å²) >= 11 is 0. The minimum atomic E-state index is -1.00. The van der Waals surface area contributed by atoms with Crippen LogP contribution in [0.3, 0.4) is 0 Å². The van der Waals surface area contributed by atoms with E-state index in [4.69, 9.17) is 14.3 Å². The zero-order valence-corrected chi connectivity index (χ0v) is 11.5. The molecular formula is C14H16N2O5. The fraction of sp³-hybridized carbons (Fsp3) is 0.429. The summed E-state index contributed by atoms with van der Waals surface area (Å²) in [6.45, 7) is 2.87. The van der Waals surface area contributed by atoms with Crippen LogP contribution in [0, 0.1) is 0 Å². The largest absolute Gasteiger partial charge is 0.478 e. The maximum Gasteiger partial charge on any atom is 0.335 e. The van der Waals surface area contributed by atoms with E-state index in [1.165, 1.54) is 12.1 Å². The number of aromatic carboxylic acids is 1. The van der Waals surface area contributed by atoms with Crippen molar-refractivity contribution in [1.82, 2.24) is 4.98 Å². The van der Waals surface area contributed by atoms with Crippen molar-refractivity contribution in [3.8, 4) is 0 Å². The van der Waals surface area contributed by atoms with Gasteiger partial charge in [0.05, 0.1) is 37.5 Å². The van der Waals surface area contributed by atoms with Gasteiger partial charge in [0.15, 0.2) is 5.58 Å². The van der Waals surface area contributed by atoms with E-state index in [1.807, 2.05) is 11.8 Å². The lowest BCUT2D eigenvalue weighted by Crippen LogP contribution is -2.49. The molecule has 0 spiro atoms. The van der Waals surface area contributed by atoms with Crippen LogP contribution < -0.4 is 4.90 Å². The Morgan fingerprint density at radius 1 is 1.52 bits per heavy atom. The van der Waals surface area contributed by atoms with Crippen LogP contribution in [0.15, 0.2) is 22.6 Å². The molecule has 2 unspecified atom stereocenters. The van der Waals surface area contributed by atoms with Crippen molar-refractivity contribution >= 4 is 23.1 Å². The Hall–Kier alpha value is -2.12. The van der Waals surface area contributed by atoms with Gasteiger partial charge in [0.2, 0.25) is 0 Å². The predicted octanol–water partition coefficient (Wildman–Crippen LogP) is 1.11. The van der Waals surface area contributed by atoms with E-state index in [2.05, 4.69) is 4.98 Å². The van der Waals surface area contributed by atoms with Crippen LogP contribution in [0.25, 0.3) is 11.1 Å². The molecule has 1 aliphatic heterocycles. The van der Waals surface area contributed by atoms with Gasteiger partial charge in [0.1, 0.15) is 5.52 Å². The van der Waals surface area contributed by atoms with Crippen LogP contribution in [-0.2, 0) is 4.74 Å². The lowest BCUT2D eigenvalue weighted by molar-refractivity contribution is -0.0117. The fourth-order valence-corrected chi connectivity index (χ4v) is 2.36. The highest BCUT2D eigenvalue weighted by molar-refractivity contribution is 5.92. The van der Waals surface area contributed by atoms with Gasteiger partial charge in [0.25, 0.3) is 6.01 Å². The van der Waals surface area contributed by atoms with Gasteiger partial charge in [-0.1, -0.05) is 0 Å². The lowest BCUT2D eigenvalue weighted by Gasteiger charge is -2.36. The average molecular weight is 292 g/mol. The molecule has 21 heavy (non-hydrogen) atoms. The number of aliphatic hydroxyl groups is 1. The van der Waals surface area contributed by atoms with Gasteiger partial charge in [-0.25, -0.2) is 4.79 Å². The van der Waals surface area contributed by atoms with Crippen LogP contribution in [0.5, 0.6) is 0 Å². The summed E-state index contributed by atoms with van der Waals surface area (Å²) in [6, 6.07) is 5.07. The first-order chi connectivity index (χ1) is 10.1. The SMILES string of the molecule is CC1COC(CO)CN1c1nc2ccc(C(=O)O)cc2o1. The van der Waals surface area contributed by atoms with Gasteiger partial charge in [-0.15, -0.1) is 0 Å². The molecule has 0 saturated carbocycles. The maximum atomic E-state index is 11.0. The molecule has 0 radical (unpaired) electrons. The molecule has 3 rings (SSSR count). The van der Waals surface area contributed by atoms with E-state index in [9.17, 15) is 9.90 Å². The summed E-state index contributed by atoms with van der Waals surface area (Å²) in [5.74, 6) is -1.00. The Morgan fingerprint density at radius 3 is 3.05 bits per heavy atom. The molecular weight excluding hydrogens is 276 g/mol. The lowest BCUT2D eigenvalue weighted by atomic mass is 10.2. The Kier molecular flexibility index (Phi) is 3.52. The Balaban J connectivity index is 1.94. The fourth-order valence-electron chi connectivity index (χ4n) is 2.36. The highest BCUT2D eigenvalue weighted by Gasteiger charge is 2.29. The van der Waals surface area contributed by atoms with Gasteiger partial charge in [-0.3, -0.25) is 0 Å². The number of benzene rings is 1. The number of hydrogen-bond donors (Lipinski definition) is 2. The van der Waals surface area contributed by atoms with Crippen LogP contribution >= 0.6 is 0 Å². The summed E-state index contributed by atoms with van der Waals surface area (Å²) in [6.07, 6.45) is -0.272. The molecule has 1 aliphatic rings. The standard InChI is InChI=1S/C14H16N2O5/c1-8-7-20-10(6-17)5-16(8)14-15-11-3-2-9(13(18)19)4-12(11)21-14/h2-4,8,10,17H,5-7H2,1H3,(H,18,19). The number of hydrogen-bond acceptors (Lipinski definition) is 6. The van der Waals surface area contributed by atoms with E-state index in [0.29, 0.717) is 30.3 Å². The summed E-state index contributed by atoms with van der Waals surface area (Å²) < 4.78 is 11.2. The van der Waals surface area contributed by atoms with Crippen LogP contribution in [-0.4, -0.2) is 53.1 Å². The minimum absolute atomic E-state index is 0.0629. The first kappa shape index (κ1) is 13.8. The van der Waals surface area contributed by atoms with Crippen molar-refractivity contribution in [2.75, 3.05) is 24.7 Å². The molecule has 0 aliphatic carbocycles. The Morgan fingerprint density at radius 2 is 2.33 bits per heavy atom. The maximum absolute atomic E-state index is 11.0. The molecule has 112 valence electrons. The summed E-state index contributed by atoms with van der Waals surface area (Å²) in [4.78, 5) is 17.3. The number of anilines is 1. The van der Waals surface area contributed by atoms with E-state index >= 15 is 0 Å². The molecule has 2 N–H and O–H groups in total. The first-order valence-corrected chi connectivity index (χ1v) is 6.71. The molecule has 7 heteroatoms. The highest BCUT2D eigenvalue weighted by Crippen LogP contribution is 2.26. The van der Waals surface area contributed by atoms with Gasteiger partial charge < -0.3 is 24.3 Å². The third kappa shape index (κ3) is 2.57. The molecule has 2 heterocycles. The van der Waals surface area contributed by atoms with Crippen molar-refractivity contribution in [1.29, 1.82) is 0 Å². The second-order valence-electron chi connectivity index (χ2n) is 5.12. The van der Waals surface area contributed by atoms with E-state index in [-0.39, 0.29) is 24.3 Å². The number of carbonyl (C=O) groups is 1. The Labute approximate surface area is 120 Å². The van der Waals surface area contributed by atoms with Crippen LogP contribution in [0.4, 0.5) is 6.01 Å². The smallest absolute Gasteiger partial charge is 0.335 e. The number of nitrogens with zero attached hydrogens (tertiary/aromatic N) is 2. The van der Waals surface area contributed by atoms with E-state index < -0.39 is 5.97 Å². The van der Waals surface area contributed by atoms with Crippen LogP contribution in [0.2, 0.25) is 0 Å². The second-order valence-corrected chi connectivity index (χ2v) is 5.12. The van der Waals surface area contributed by atoms with Crippen molar-refractivity contribution in [2.24, 2.45) is 0 Å². The molecule has 1 saturated heterocycles. The molecule has 0 amide bonds. The van der Waals surface area contributed by atoms with Crippen molar-refractivity contribution in [3.05, 3.63) is 23.8 Å². The summed E-state index contributed by atoms with van der Waals surface area (Å²) in [5, 5.41) is 18.2. The first-order valence-electron chi connectivity index (χ1n) is 6.71. The number of ether oxygens (including phenoxy) is 1. The molecule has 0 bridgehead atoms. The number of fused-ring (bicyclic) bond motifs is 1. The molecule has 1 aromatic heterocycles. The second kappa shape index (κ2) is 5.34. The highest BCUT2D eigenvalue weighted by atomic mass is 16.5. The summed E-state index contributed by atoms with van der Waals surface area (Å²) in [5.41, 5.74) is 1.20. The molecule has 2 atom stereocenters. The summed E-state index contributed by atoms with van der Waals surface area (Å²) in [7, 11) is 0. The normalized spacial score (nSPS) is 22.7. The number of aliphatic hydroxyl groups excluding tert-OH is 1. The average Bonchev–Trinajstić information content (AvgIpc) is 2.90. The number of carboxylic acid groups (broad SMARTS) is 1. The van der Waals surface area contributed by atoms with Crippen LogP contribution in [0.1, 0.15) is 17.3 Å². The third-order valence-electron chi connectivity index (χ3n) is 3.58. The van der Waals surface area contributed by atoms with Gasteiger partial charge in [-0.2, -0.15) is 4.98 Å². The molecule has 1 fully saturated rings. The third-order valence-corrected chi connectivity index (χ3v) is 3.58. The van der Waals surface area contributed by atoms with E-state index in [0.717, 1.165) is 0 Å². The monoisotopic (exact) mass is 292 g/mol. The topological polar surface area (TPSA) is 96.0 Å². The number of aromatic nitrogens is 1. The number of rotatable bonds is 3. The zero-order valence-electron chi connectivity index (χ0n) is 11.5. The minimum Gasteiger partial charge on any atom is -0.478 e. The van der Waals surface area contributed by atoms with Crippen molar-refractivity contribution < 1.29 is 24.2 Å². The van der Waals surface area contributed by atoms with Gasteiger partial charge >= 0.3 is 5.97 Å². The number of morpholine rings is 1. The quantitative estimate of drug-likeness (QED) is 0.874. The molecule has 1 aromatic carbocycles. The molecule has 7 nitrogen and oxygen atoms in total. The Bertz CT molecular complexity index is 668. The van der Waals surface area contributed by atoms with Gasteiger partial charge in [-0.05, 0) is 25.1 Å². The zero-order chi connectivity index (χ0) is 15.0. The van der Waals surface area contributed by atoms with E-state index in [1.54, 1.807) is 6.07 Å². The van der Waals surface area contributed by atoms with Crippen molar-refractivity contribution in [3.63, 3.8) is 0 Å². The van der Waals surface area contributed by atoms with Gasteiger partial charge in [0, 0.05) is 0 Å². The van der Waals surface area contributed by atoms with Crippen molar-refractivity contribution in [2.45, 2.75) is 19.1 Å². The number of oxazole rings is 1. The predicted molar refractivity (Wildman–Crippen MR) is 74.6 cm³/mol. The number of carboxylic acids is 1.